The highest BCUT2D eigenvalue weighted by atomic mass is 16.3. The molecule has 0 saturated heterocycles. The number of hydrogen-bond donors (Lipinski definition) is 3. The SMILES string of the molecule is CC1(C)C2CCC(CNC(=O)c3coc(C(N)Cc4c[nH]c5ccccc45)n3)C1C2. The van der Waals surface area contributed by atoms with E-state index in [2.05, 4.69) is 35.2 Å². The molecule has 3 aromatic rings. The van der Waals surface area contributed by atoms with Crippen molar-refractivity contribution < 1.29 is 9.21 Å². The van der Waals surface area contributed by atoms with E-state index in [4.69, 9.17) is 10.2 Å². The maximum Gasteiger partial charge on any atom is 0.273 e. The Bertz CT molecular complexity index is 1060. The molecule has 4 unspecified atom stereocenters. The molecule has 3 aliphatic carbocycles. The molecule has 3 aliphatic rings. The molecule has 3 saturated carbocycles. The summed E-state index contributed by atoms with van der Waals surface area (Å²) in [6.45, 7) is 5.46. The van der Waals surface area contributed by atoms with E-state index in [0.717, 1.165) is 22.4 Å². The lowest BCUT2D eigenvalue weighted by atomic mass is 9.45. The smallest absolute Gasteiger partial charge is 0.273 e. The zero-order valence-corrected chi connectivity index (χ0v) is 17.7. The van der Waals surface area contributed by atoms with E-state index in [1.807, 2.05) is 24.4 Å². The second-order valence-electron chi connectivity index (χ2n) is 9.65. The Morgan fingerprint density at radius 3 is 3.00 bits per heavy atom. The number of carbonyl (C=O) groups is 1. The van der Waals surface area contributed by atoms with Gasteiger partial charge in [-0.15, -0.1) is 0 Å². The van der Waals surface area contributed by atoms with Gasteiger partial charge in [0.05, 0.1) is 6.04 Å². The van der Waals surface area contributed by atoms with Gasteiger partial charge in [-0.05, 0) is 60.5 Å². The number of nitrogens with zero attached hydrogens (tertiary/aromatic N) is 1. The normalized spacial score (nSPS) is 25.6. The highest BCUT2D eigenvalue weighted by Crippen LogP contribution is 2.61. The van der Waals surface area contributed by atoms with Gasteiger partial charge in [-0.3, -0.25) is 4.79 Å². The number of rotatable bonds is 6. The van der Waals surface area contributed by atoms with Gasteiger partial charge in [0, 0.05) is 23.6 Å². The van der Waals surface area contributed by atoms with Crippen LogP contribution < -0.4 is 11.1 Å². The van der Waals surface area contributed by atoms with Crippen molar-refractivity contribution in [3.8, 4) is 0 Å². The average molecular weight is 407 g/mol. The molecule has 2 bridgehead atoms. The molecule has 158 valence electrons. The minimum absolute atomic E-state index is 0.177. The topological polar surface area (TPSA) is 96.9 Å². The molecule has 2 heterocycles. The monoisotopic (exact) mass is 406 g/mol. The number of aromatic nitrogens is 2. The Morgan fingerprint density at radius 2 is 2.20 bits per heavy atom. The quantitative estimate of drug-likeness (QED) is 0.571. The molecule has 0 aliphatic heterocycles. The van der Waals surface area contributed by atoms with Crippen LogP contribution in [0.3, 0.4) is 0 Å². The number of fused-ring (bicyclic) bond motifs is 3. The number of aromatic amines is 1. The molecular weight excluding hydrogens is 376 g/mol. The third-order valence-electron chi connectivity index (χ3n) is 7.71. The summed E-state index contributed by atoms with van der Waals surface area (Å²) in [5.41, 5.74) is 9.25. The number of para-hydroxylation sites is 1. The zero-order valence-electron chi connectivity index (χ0n) is 17.7. The summed E-state index contributed by atoms with van der Waals surface area (Å²) in [6, 6.07) is 7.71. The molecule has 4 atom stereocenters. The second kappa shape index (κ2) is 7.27. The molecule has 1 amide bonds. The Morgan fingerprint density at radius 1 is 1.37 bits per heavy atom. The van der Waals surface area contributed by atoms with Gasteiger partial charge in [-0.2, -0.15) is 0 Å². The first-order valence-corrected chi connectivity index (χ1v) is 11.0. The number of amides is 1. The van der Waals surface area contributed by atoms with Crippen LogP contribution in [0.25, 0.3) is 10.9 Å². The van der Waals surface area contributed by atoms with Gasteiger partial charge in [-0.1, -0.05) is 32.0 Å². The lowest BCUT2D eigenvalue weighted by Crippen LogP contribution is -2.54. The first kappa shape index (κ1) is 19.4. The molecule has 6 nitrogen and oxygen atoms in total. The van der Waals surface area contributed by atoms with E-state index < -0.39 is 6.04 Å². The zero-order chi connectivity index (χ0) is 20.9. The summed E-state index contributed by atoms with van der Waals surface area (Å²) in [5, 5.41) is 4.22. The van der Waals surface area contributed by atoms with Crippen molar-refractivity contribution in [1.29, 1.82) is 0 Å². The summed E-state index contributed by atoms with van der Waals surface area (Å²) in [7, 11) is 0. The minimum Gasteiger partial charge on any atom is -0.446 e. The highest BCUT2D eigenvalue weighted by Gasteiger charge is 2.53. The lowest BCUT2D eigenvalue weighted by Gasteiger charge is -2.60. The van der Waals surface area contributed by atoms with Gasteiger partial charge in [0.25, 0.3) is 5.91 Å². The number of H-pyrrole nitrogens is 1. The molecule has 4 N–H and O–H groups in total. The average Bonchev–Trinajstić information content (AvgIpc) is 3.40. The fraction of sp³-hybridized carbons (Fsp3) is 0.500. The van der Waals surface area contributed by atoms with Crippen LogP contribution in [0.1, 0.15) is 61.1 Å². The van der Waals surface area contributed by atoms with Crippen LogP contribution in [-0.4, -0.2) is 22.4 Å². The number of hydrogen-bond acceptors (Lipinski definition) is 4. The Balaban J connectivity index is 1.20. The van der Waals surface area contributed by atoms with E-state index in [1.54, 1.807) is 0 Å². The fourth-order valence-corrected chi connectivity index (χ4v) is 5.71. The predicted octanol–water partition coefficient (Wildman–Crippen LogP) is 4.20. The third kappa shape index (κ3) is 3.23. The minimum atomic E-state index is -0.406. The van der Waals surface area contributed by atoms with E-state index in [9.17, 15) is 4.79 Å². The maximum absolute atomic E-state index is 12.6. The van der Waals surface area contributed by atoms with Gasteiger partial charge in [0.1, 0.15) is 6.26 Å². The molecule has 2 aromatic heterocycles. The van der Waals surface area contributed by atoms with E-state index in [-0.39, 0.29) is 5.91 Å². The lowest BCUT2D eigenvalue weighted by molar-refractivity contribution is -0.103. The van der Waals surface area contributed by atoms with Gasteiger partial charge in [0.15, 0.2) is 5.69 Å². The Kier molecular flexibility index (Phi) is 4.69. The standard InChI is InChI=1S/C24H30N4O2/c1-24(2)16-8-7-14(18(24)10-16)11-27-22(29)21-13-30-23(28-21)19(25)9-15-12-26-20-6-4-3-5-17(15)20/h3-6,12-14,16,18-19,26H,7-11,25H2,1-2H3,(H,27,29). The van der Waals surface area contributed by atoms with Crippen molar-refractivity contribution in [2.45, 2.75) is 45.6 Å². The predicted molar refractivity (Wildman–Crippen MR) is 116 cm³/mol. The number of oxazole rings is 1. The largest absolute Gasteiger partial charge is 0.446 e. The highest BCUT2D eigenvalue weighted by molar-refractivity contribution is 5.91. The number of nitrogens with two attached hydrogens (primary N) is 1. The van der Waals surface area contributed by atoms with E-state index in [1.165, 1.54) is 25.5 Å². The van der Waals surface area contributed by atoms with E-state index in [0.29, 0.717) is 41.8 Å². The van der Waals surface area contributed by atoms with Gasteiger partial charge >= 0.3 is 0 Å². The summed E-state index contributed by atoms with van der Waals surface area (Å²) in [4.78, 5) is 20.3. The van der Waals surface area contributed by atoms with Crippen LogP contribution in [-0.2, 0) is 6.42 Å². The molecule has 30 heavy (non-hydrogen) atoms. The maximum atomic E-state index is 12.6. The van der Waals surface area contributed by atoms with Crippen molar-refractivity contribution in [3.05, 3.63) is 53.9 Å². The molecule has 3 fully saturated rings. The molecule has 1 aromatic carbocycles. The van der Waals surface area contributed by atoms with Crippen LogP contribution >= 0.6 is 0 Å². The fourth-order valence-electron chi connectivity index (χ4n) is 5.71. The first-order valence-electron chi connectivity index (χ1n) is 11.0. The van der Waals surface area contributed by atoms with Gasteiger partial charge in [0.2, 0.25) is 5.89 Å². The first-order chi connectivity index (χ1) is 14.4. The third-order valence-corrected chi connectivity index (χ3v) is 7.71. The summed E-state index contributed by atoms with van der Waals surface area (Å²) < 4.78 is 5.56. The molecule has 0 spiro atoms. The van der Waals surface area contributed by atoms with Crippen LogP contribution in [0.5, 0.6) is 0 Å². The summed E-state index contributed by atoms with van der Waals surface area (Å²) in [6.07, 6.45) is 7.77. The number of carbonyl (C=O) groups excluding carboxylic acids is 1. The Hall–Kier alpha value is -2.60. The Labute approximate surface area is 176 Å². The van der Waals surface area contributed by atoms with Crippen LogP contribution in [0, 0.1) is 23.2 Å². The molecule has 6 heteroatoms. The number of nitrogens with one attached hydrogen (secondary N) is 2. The van der Waals surface area contributed by atoms with E-state index >= 15 is 0 Å². The summed E-state index contributed by atoms with van der Waals surface area (Å²) >= 11 is 0. The van der Waals surface area contributed by atoms with Crippen LogP contribution in [0.4, 0.5) is 0 Å². The molecule has 6 rings (SSSR count). The second-order valence-corrected chi connectivity index (χ2v) is 9.65. The van der Waals surface area contributed by atoms with Gasteiger partial charge in [-0.25, -0.2) is 4.98 Å². The number of benzene rings is 1. The van der Waals surface area contributed by atoms with Crippen molar-refractivity contribution >= 4 is 16.8 Å². The van der Waals surface area contributed by atoms with Crippen LogP contribution in [0.15, 0.2) is 41.1 Å². The van der Waals surface area contributed by atoms with Crippen LogP contribution in [0.2, 0.25) is 0 Å². The molecule has 0 radical (unpaired) electrons. The van der Waals surface area contributed by atoms with Crippen molar-refractivity contribution in [2.24, 2.45) is 28.9 Å². The van der Waals surface area contributed by atoms with Gasteiger partial charge < -0.3 is 20.5 Å². The van der Waals surface area contributed by atoms with Crippen molar-refractivity contribution in [2.75, 3.05) is 6.54 Å². The molecular formula is C24H30N4O2. The van der Waals surface area contributed by atoms with Crippen molar-refractivity contribution in [1.82, 2.24) is 15.3 Å². The van der Waals surface area contributed by atoms with Crippen molar-refractivity contribution in [3.63, 3.8) is 0 Å². The summed E-state index contributed by atoms with van der Waals surface area (Å²) in [5.74, 6) is 2.36.